The average molecular weight is 867 g/mol. The molecule has 0 aromatic carbocycles. The van der Waals surface area contributed by atoms with E-state index in [1.165, 1.54) is 128 Å². The molecule has 2 N–H and O–H groups in total. The number of rotatable bonds is 50. The summed E-state index contributed by atoms with van der Waals surface area (Å²) in [6, 6.07) is 0. The Morgan fingerprint density at radius 1 is 0.344 bits per heavy atom. The molecular weight excluding hydrogens is 761 g/mol. The molecule has 8 nitrogen and oxygen atoms in total. The van der Waals surface area contributed by atoms with E-state index in [1.54, 1.807) is 0 Å². The second kappa shape index (κ2) is 48.2. The van der Waals surface area contributed by atoms with Crippen molar-refractivity contribution in [3.63, 3.8) is 0 Å². The summed E-state index contributed by atoms with van der Waals surface area (Å²) in [6.07, 6.45) is 42.5. The molecule has 0 radical (unpaired) electrons. The van der Waals surface area contributed by atoms with Gasteiger partial charge in [-0.05, 0) is 110 Å². The van der Waals surface area contributed by atoms with Gasteiger partial charge in [-0.1, -0.05) is 169 Å². The zero-order chi connectivity index (χ0) is 44.7. The SMILES string of the molecule is CCCCCCCCC(CCCCCCCC)OC(=O)CCCCCN(CCCCCC(=O)OC(CCCCCCCC)CCCCCCCC)CCCN(CCO)CCO. The zero-order valence-corrected chi connectivity index (χ0v) is 41.4. The molecule has 0 aromatic rings. The maximum absolute atomic E-state index is 13.0. The third kappa shape index (κ3) is 42.5. The number of nitrogens with zero attached hydrogens (tertiary/aromatic N) is 2. The quantitative estimate of drug-likeness (QED) is 0.0461. The standard InChI is InChI=1S/C53H106N2O6/c1-5-9-13-17-21-27-36-50(37-28-22-18-14-10-6-2)60-52(58)40-31-25-33-42-54(44-35-45-55(46-48-56)47-49-57)43-34-26-32-41-53(59)61-51(38-29-23-19-15-11-7-3)39-30-24-20-16-12-8-4/h50-51,56-57H,5-49H2,1-4H3. The summed E-state index contributed by atoms with van der Waals surface area (Å²) in [6.45, 7) is 14.2. The van der Waals surface area contributed by atoms with Crippen LogP contribution < -0.4 is 0 Å². The summed E-state index contributed by atoms with van der Waals surface area (Å²) in [5.41, 5.74) is 0. The van der Waals surface area contributed by atoms with Crippen LogP contribution in [0.4, 0.5) is 0 Å². The van der Waals surface area contributed by atoms with Crippen molar-refractivity contribution < 1.29 is 29.3 Å². The first-order chi connectivity index (χ1) is 29.9. The van der Waals surface area contributed by atoms with Crippen LogP contribution in [0.1, 0.15) is 265 Å². The van der Waals surface area contributed by atoms with Gasteiger partial charge in [0, 0.05) is 25.9 Å². The van der Waals surface area contributed by atoms with Gasteiger partial charge in [-0.2, -0.15) is 0 Å². The van der Waals surface area contributed by atoms with Gasteiger partial charge in [0.25, 0.3) is 0 Å². The number of carbonyl (C=O) groups is 2. The third-order valence-corrected chi connectivity index (χ3v) is 12.6. The van der Waals surface area contributed by atoms with Crippen LogP contribution in [0.15, 0.2) is 0 Å². The van der Waals surface area contributed by atoms with E-state index in [2.05, 4.69) is 37.5 Å². The van der Waals surface area contributed by atoms with Crippen molar-refractivity contribution in [2.75, 3.05) is 52.5 Å². The van der Waals surface area contributed by atoms with Gasteiger partial charge in [-0.3, -0.25) is 14.5 Å². The number of aliphatic hydroxyl groups excluding tert-OH is 2. The van der Waals surface area contributed by atoms with Gasteiger partial charge in [0.1, 0.15) is 12.2 Å². The van der Waals surface area contributed by atoms with Crippen LogP contribution in [-0.4, -0.2) is 96.6 Å². The summed E-state index contributed by atoms with van der Waals surface area (Å²) in [7, 11) is 0. The Kier molecular flexibility index (Phi) is 47.3. The van der Waals surface area contributed by atoms with Gasteiger partial charge < -0.3 is 24.6 Å². The predicted octanol–water partition coefficient (Wildman–Crippen LogP) is 13.9. The molecule has 0 aromatic heterocycles. The van der Waals surface area contributed by atoms with Gasteiger partial charge in [0.05, 0.1) is 13.2 Å². The number of hydrogen-bond acceptors (Lipinski definition) is 8. The maximum atomic E-state index is 13.0. The van der Waals surface area contributed by atoms with Crippen molar-refractivity contribution in [3.05, 3.63) is 0 Å². The number of hydrogen-bond donors (Lipinski definition) is 2. The molecule has 364 valence electrons. The second-order valence-electron chi connectivity index (χ2n) is 18.6. The van der Waals surface area contributed by atoms with Crippen molar-refractivity contribution in [1.82, 2.24) is 9.80 Å². The van der Waals surface area contributed by atoms with Gasteiger partial charge in [-0.25, -0.2) is 0 Å². The molecule has 0 unspecified atom stereocenters. The van der Waals surface area contributed by atoms with E-state index in [4.69, 9.17) is 9.47 Å². The molecule has 0 bridgehead atoms. The first-order valence-electron chi connectivity index (χ1n) is 27.0. The van der Waals surface area contributed by atoms with Crippen LogP contribution in [0, 0.1) is 0 Å². The number of aliphatic hydroxyl groups is 2. The molecule has 61 heavy (non-hydrogen) atoms. The van der Waals surface area contributed by atoms with Crippen molar-refractivity contribution in [3.8, 4) is 0 Å². The highest BCUT2D eigenvalue weighted by molar-refractivity contribution is 5.69. The van der Waals surface area contributed by atoms with E-state index in [1.807, 2.05) is 0 Å². The average Bonchev–Trinajstić information content (AvgIpc) is 3.25. The zero-order valence-electron chi connectivity index (χ0n) is 41.4. The Bertz CT molecular complexity index is 808. The van der Waals surface area contributed by atoms with Crippen LogP contribution in [0.3, 0.4) is 0 Å². The van der Waals surface area contributed by atoms with E-state index in [0.717, 1.165) is 122 Å². The number of ether oxygens (including phenoxy) is 2. The minimum absolute atomic E-state index is 0.0126. The largest absolute Gasteiger partial charge is 0.462 e. The lowest BCUT2D eigenvalue weighted by atomic mass is 10.0. The molecule has 0 spiro atoms. The number of unbranched alkanes of at least 4 members (excludes halogenated alkanes) is 24. The van der Waals surface area contributed by atoms with E-state index < -0.39 is 0 Å². The van der Waals surface area contributed by atoms with E-state index in [9.17, 15) is 19.8 Å². The predicted molar refractivity (Wildman–Crippen MR) is 260 cm³/mol. The fourth-order valence-electron chi connectivity index (χ4n) is 8.66. The van der Waals surface area contributed by atoms with Crippen LogP contribution in [-0.2, 0) is 19.1 Å². The number of carbonyl (C=O) groups excluding carboxylic acids is 2. The van der Waals surface area contributed by atoms with Crippen LogP contribution >= 0.6 is 0 Å². The third-order valence-electron chi connectivity index (χ3n) is 12.6. The molecule has 0 aliphatic rings. The molecule has 0 amide bonds. The highest BCUT2D eigenvalue weighted by Gasteiger charge is 2.16. The molecular formula is C53H106N2O6. The Hall–Kier alpha value is -1.22. The molecule has 0 saturated carbocycles. The monoisotopic (exact) mass is 867 g/mol. The van der Waals surface area contributed by atoms with Gasteiger partial charge in [0.2, 0.25) is 0 Å². The fourth-order valence-corrected chi connectivity index (χ4v) is 8.66. The number of esters is 2. The Morgan fingerprint density at radius 2 is 0.607 bits per heavy atom. The summed E-state index contributed by atoms with van der Waals surface area (Å²) in [5, 5.41) is 19.0. The van der Waals surface area contributed by atoms with E-state index in [-0.39, 0.29) is 37.4 Å². The Labute approximate surface area is 379 Å². The molecule has 0 heterocycles. The first kappa shape index (κ1) is 59.8. The van der Waals surface area contributed by atoms with Gasteiger partial charge in [-0.15, -0.1) is 0 Å². The van der Waals surface area contributed by atoms with Crippen LogP contribution in [0.2, 0.25) is 0 Å². The van der Waals surface area contributed by atoms with Crippen LogP contribution in [0.5, 0.6) is 0 Å². The lowest BCUT2D eigenvalue weighted by Crippen LogP contribution is -2.34. The highest BCUT2D eigenvalue weighted by atomic mass is 16.5. The van der Waals surface area contributed by atoms with E-state index >= 15 is 0 Å². The van der Waals surface area contributed by atoms with Crippen molar-refractivity contribution in [2.45, 2.75) is 277 Å². The van der Waals surface area contributed by atoms with Crippen molar-refractivity contribution in [2.24, 2.45) is 0 Å². The van der Waals surface area contributed by atoms with Crippen LogP contribution in [0.25, 0.3) is 0 Å². The summed E-state index contributed by atoms with van der Waals surface area (Å²) in [5.74, 6) is -0.0253. The minimum atomic E-state index is -0.0126. The lowest BCUT2D eigenvalue weighted by Gasteiger charge is -2.25. The molecule has 8 heteroatoms. The van der Waals surface area contributed by atoms with Gasteiger partial charge in [0.15, 0.2) is 0 Å². The molecule has 0 aliphatic heterocycles. The van der Waals surface area contributed by atoms with Gasteiger partial charge >= 0.3 is 11.9 Å². The summed E-state index contributed by atoms with van der Waals surface area (Å²) in [4.78, 5) is 30.7. The Balaban J connectivity index is 4.90. The second-order valence-corrected chi connectivity index (χ2v) is 18.6. The first-order valence-corrected chi connectivity index (χ1v) is 27.0. The fraction of sp³-hybridized carbons (Fsp3) is 0.962. The normalized spacial score (nSPS) is 11.8. The molecule has 0 saturated heterocycles. The summed E-state index contributed by atoms with van der Waals surface area (Å²) < 4.78 is 12.2. The molecule has 0 fully saturated rings. The van der Waals surface area contributed by atoms with Crippen molar-refractivity contribution >= 4 is 11.9 Å². The van der Waals surface area contributed by atoms with Crippen molar-refractivity contribution in [1.29, 1.82) is 0 Å². The Morgan fingerprint density at radius 3 is 0.918 bits per heavy atom. The maximum Gasteiger partial charge on any atom is 0.306 e. The summed E-state index contributed by atoms with van der Waals surface area (Å²) >= 11 is 0. The highest BCUT2D eigenvalue weighted by Crippen LogP contribution is 2.20. The topological polar surface area (TPSA) is 99.5 Å². The lowest BCUT2D eigenvalue weighted by molar-refractivity contribution is -0.151. The minimum Gasteiger partial charge on any atom is -0.462 e. The molecule has 0 atom stereocenters. The van der Waals surface area contributed by atoms with E-state index in [0.29, 0.717) is 25.9 Å². The smallest absolute Gasteiger partial charge is 0.306 e. The molecule has 0 aliphatic carbocycles. The molecule has 0 rings (SSSR count).